The van der Waals surface area contributed by atoms with Crippen LogP contribution in [-0.2, 0) is 37.9 Å². The molecule has 4 heterocycles. The van der Waals surface area contributed by atoms with Crippen molar-refractivity contribution in [1.29, 1.82) is 0 Å². The van der Waals surface area contributed by atoms with Crippen LogP contribution in [0.1, 0.15) is 98.8 Å². The number of ether oxygens (including phenoxy) is 8. The van der Waals surface area contributed by atoms with Gasteiger partial charge in [-0.15, -0.1) is 0 Å². The van der Waals surface area contributed by atoms with Gasteiger partial charge in [-0.2, -0.15) is 0 Å². The van der Waals surface area contributed by atoms with Crippen LogP contribution in [-0.4, -0.2) is 188 Å². The van der Waals surface area contributed by atoms with Gasteiger partial charge < -0.3 is 89.0 Å². The fourth-order valence-corrected chi connectivity index (χ4v) is 14.4. The van der Waals surface area contributed by atoms with Crippen molar-refractivity contribution in [2.75, 3.05) is 26.9 Å². The molecule has 18 heteroatoms. The van der Waals surface area contributed by atoms with E-state index in [9.17, 15) is 51.1 Å². The number of aliphatic hydroxyl groups excluding tert-OH is 10. The summed E-state index contributed by atoms with van der Waals surface area (Å²) in [4.78, 5) is 0. The summed E-state index contributed by atoms with van der Waals surface area (Å²) in [7, 11) is 1.74. The van der Waals surface area contributed by atoms with E-state index in [1.165, 1.54) is 6.92 Å². The van der Waals surface area contributed by atoms with Gasteiger partial charge in [0.15, 0.2) is 24.7 Å². The zero-order chi connectivity index (χ0) is 46.2. The third kappa shape index (κ3) is 8.56. The van der Waals surface area contributed by atoms with Crippen molar-refractivity contribution in [1.82, 2.24) is 0 Å². The van der Waals surface area contributed by atoms with Crippen LogP contribution >= 0.6 is 0 Å². The van der Waals surface area contributed by atoms with Gasteiger partial charge in [-0.25, -0.2) is 0 Å². The van der Waals surface area contributed by atoms with Gasteiger partial charge in [-0.1, -0.05) is 27.7 Å². The quantitative estimate of drug-likeness (QED) is 0.108. The average Bonchev–Trinajstić information content (AvgIpc) is 3.74. The molecule has 8 rings (SSSR count). The van der Waals surface area contributed by atoms with Crippen molar-refractivity contribution in [3.63, 3.8) is 0 Å². The van der Waals surface area contributed by atoms with Crippen LogP contribution in [0.4, 0.5) is 0 Å². The number of rotatable bonds is 13. The number of fused-ring (bicyclic) bond motifs is 7. The van der Waals surface area contributed by atoms with Crippen LogP contribution in [0.3, 0.4) is 0 Å². The van der Waals surface area contributed by atoms with E-state index in [4.69, 9.17) is 37.9 Å². The van der Waals surface area contributed by atoms with E-state index in [1.807, 2.05) is 6.92 Å². The van der Waals surface area contributed by atoms with E-state index in [0.717, 1.165) is 57.8 Å². The van der Waals surface area contributed by atoms with Crippen LogP contribution in [0.25, 0.3) is 0 Å². The highest BCUT2D eigenvalue weighted by atomic mass is 16.7. The van der Waals surface area contributed by atoms with Gasteiger partial charge in [0.25, 0.3) is 0 Å². The Hall–Kier alpha value is -0.720. The number of aliphatic hydroxyl groups is 10. The lowest BCUT2D eigenvalue weighted by Gasteiger charge is -2.61. The highest BCUT2D eigenvalue weighted by Crippen LogP contribution is 2.71. The van der Waals surface area contributed by atoms with Crippen molar-refractivity contribution in [3.8, 4) is 0 Å². The summed E-state index contributed by atoms with van der Waals surface area (Å²) in [6.07, 6.45) is -10.9. The number of hydrogen-bond donors (Lipinski definition) is 10. The number of methoxy groups -OCH3 is 1. The van der Waals surface area contributed by atoms with E-state index in [1.54, 1.807) is 7.11 Å². The van der Waals surface area contributed by atoms with Crippen molar-refractivity contribution in [3.05, 3.63) is 0 Å². The molecule has 4 aliphatic heterocycles. The van der Waals surface area contributed by atoms with Gasteiger partial charge in [-0.3, -0.25) is 0 Å². The Balaban J connectivity index is 0.847. The standard InChI is InChI=1S/C46H78O18/c1-20(19-58-41-37(54)35(52)33(50)29(17-47)61-41)9-14-46(57-6)21(2)31-28(64-46)16-27-25-8-7-23-15-24(10-12-44(23,4)26(25)11-13-45(27,31)5)60-43-39(56)36(53)40(30(18-48)62-43)63-42-38(55)34(51)32(49)22(3)59-42/h20-43,47-56H,7-19H2,1-6H3/t20-,21-,22-,23?,24-,25+,26-,27-,28-,29+,30+,31-,32-,33+,34+,35-,36+,37+,38+,39+,40+,41+,42-,43+,44-,45-,46+/m0/s1. The highest BCUT2D eigenvalue weighted by Gasteiger charge is 2.69. The second-order valence-corrected chi connectivity index (χ2v) is 21.6. The molecule has 0 spiro atoms. The van der Waals surface area contributed by atoms with Crippen molar-refractivity contribution >= 4 is 0 Å². The fourth-order valence-electron chi connectivity index (χ4n) is 14.4. The maximum absolute atomic E-state index is 11.2. The van der Waals surface area contributed by atoms with E-state index >= 15 is 0 Å². The molecule has 4 saturated heterocycles. The highest BCUT2D eigenvalue weighted by molar-refractivity contribution is 5.15. The minimum Gasteiger partial charge on any atom is -0.394 e. The lowest BCUT2D eigenvalue weighted by atomic mass is 9.44. The predicted octanol–water partition coefficient (Wildman–Crippen LogP) is -0.0975. The maximum Gasteiger partial charge on any atom is 0.187 e. The Morgan fingerprint density at radius 1 is 0.656 bits per heavy atom. The Kier molecular flexibility index (Phi) is 14.9. The first-order valence-electron chi connectivity index (χ1n) is 24.1. The van der Waals surface area contributed by atoms with Crippen LogP contribution in [0.5, 0.6) is 0 Å². The summed E-state index contributed by atoms with van der Waals surface area (Å²) < 4.78 is 48.5. The molecule has 10 N–H and O–H groups in total. The Morgan fingerprint density at radius 2 is 1.30 bits per heavy atom. The lowest BCUT2D eigenvalue weighted by Crippen LogP contribution is -2.64. The molecule has 27 atom stereocenters. The molecule has 370 valence electrons. The smallest absolute Gasteiger partial charge is 0.187 e. The lowest BCUT2D eigenvalue weighted by molar-refractivity contribution is -0.361. The van der Waals surface area contributed by atoms with Crippen molar-refractivity contribution < 1.29 is 89.0 Å². The summed E-state index contributed by atoms with van der Waals surface area (Å²) in [5.74, 6) is 1.89. The average molecular weight is 919 g/mol. The number of hydrogen-bond acceptors (Lipinski definition) is 18. The second kappa shape index (κ2) is 19.2. The van der Waals surface area contributed by atoms with E-state index in [-0.39, 0.29) is 41.5 Å². The van der Waals surface area contributed by atoms with Gasteiger partial charge in [0.1, 0.15) is 67.1 Å². The molecule has 0 aromatic carbocycles. The molecule has 4 aliphatic carbocycles. The Morgan fingerprint density at radius 3 is 2.00 bits per heavy atom. The van der Waals surface area contributed by atoms with Crippen molar-refractivity contribution in [2.45, 2.75) is 209 Å². The fraction of sp³-hybridized carbons (Fsp3) is 1.00. The SMILES string of the molecule is CO[C@]1(CC[C@H](C)CO[C@@H]2O[C@H](CO)[C@@H](O)[C@H](O)[C@H]2O)O[C@H]2C[C@H]3[C@@H]4CCC5C[C@@H](O[C@@H]6O[C@H](CO)[C@@H](O[C@@H]7O[C@@H](C)[C@H](O)[C@@H](O)[C@H]7O)[C@H](O)[C@H]6O)CC[C@]5(C)[C@H]4CC[C@]3(C)[C@H]2[C@@H]1C. The molecule has 0 aromatic heterocycles. The topological polar surface area (TPSA) is 276 Å². The zero-order valence-corrected chi connectivity index (χ0v) is 38.3. The molecular weight excluding hydrogens is 840 g/mol. The van der Waals surface area contributed by atoms with E-state index in [2.05, 4.69) is 20.8 Å². The molecule has 4 saturated carbocycles. The summed E-state index contributed by atoms with van der Waals surface area (Å²) in [5.41, 5.74) is 0.222. The monoisotopic (exact) mass is 919 g/mol. The van der Waals surface area contributed by atoms with Crippen molar-refractivity contribution in [2.24, 2.45) is 52.3 Å². The predicted molar refractivity (Wildman–Crippen MR) is 222 cm³/mol. The first kappa shape index (κ1) is 49.7. The molecular formula is C46H78O18. The van der Waals surface area contributed by atoms with E-state index in [0.29, 0.717) is 36.0 Å². The first-order chi connectivity index (χ1) is 30.3. The van der Waals surface area contributed by atoms with Gasteiger partial charge in [-0.05, 0) is 111 Å². The molecule has 0 aromatic rings. The zero-order valence-electron chi connectivity index (χ0n) is 38.3. The molecule has 0 radical (unpaired) electrons. The molecule has 18 nitrogen and oxygen atoms in total. The molecule has 8 aliphatic rings. The summed E-state index contributed by atoms with van der Waals surface area (Å²) in [6, 6.07) is 0. The normalized spacial score (nSPS) is 55.6. The van der Waals surface area contributed by atoms with Gasteiger partial charge in [0.05, 0.1) is 38.1 Å². The Labute approximate surface area is 376 Å². The third-order valence-electron chi connectivity index (χ3n) is 18.3. The van der Waals surface area contributed by atoms with Crippen LogP contribution < -0.4 is 0 Å². The van der Waals surface area contributed by atoms with Gasteiger partial charge in [0, 0.05) is 19.4 Å². The summed E-state index contributed by atoms with van der Waals surface area (Å²) >= 11 is 0. The van der Waals surface area contributed by atoms with E-state index < -0.39 is 111 Å². The maximum atomic E-state index is 11.2. The molecule has 0 amide bonds. The molecule has 8 fully saturated rings. The Bertz CT molecular complexity index is 1560. The largest absolute Gasteiger partial charge is 0.394 e. The van der Waals surface area contributed by atoms with Gasteiger partial charge >= 0.3 is 0 Å². The molecule has 1 unspecified atom stereocenters. The summed E-state index contributed by atoms with van der Waals surface area (Å²) in [5, 5.41) is 104. The third-order valence-corrected chi connectivity index (χ3v) is 18.3. The molecule has 0 bridgehead atoms. The van der Waals surface area contributed by atoms with Crippen LogP contribution in [0.15, 0.2) is 0 Å². The molecule has 64 heavy (non-hydrogen) atoms. The minimum absolute atomic E-state index is 0.0392. The van der Waals surface area contributed by atoms with Gasteiger partial charge in [0.2, 0.25) is 0 Å². The van der Waals surface area contributed by atoms with Crippen LogP contribution in [0.2, 0.25) is 0 Å². The first-order valence-corrected chi connectivity index (χ1v) is 24.1. The van der Waals surface area contributed by atoms with Crippen LogP contribution in [0, 0.1) is 52.3 Å². The minimum atomic E-state index is -1.63. The summed E-state index contributed by atoms with van der Waals surface area (Å²) in [6.45, 7) is 9.96. The second-order valence-electron chi connectivity index (χ2n) is 21.6.